The zero-order valence-electron chi connectivity index (χ0n) is 15.4. The lowest BCUT2D eigenvalue weighted by molar-refractivity contribution is 0.229. The molecule has 0 aliphatic carbocycles. The van der Waals surface area contributed by atoms with Crippen molar-refractivity contribution in [2.75, 3.05) is 38.8 Å². The maximum Gasteiger partial charge on any atom is 0.191 e. The summed E-state index contributed by atoms with van der Waals surface area (Å²) >= 11 is 0. The van der Waals surface area contributed by atoms with Crippen molar-refractivity contribution in [3.63, 3.8) is 0 Å². The van der Waals surface area contributed by atoms with Crippen LogP contribution in [0.5, 0.6) is 11.5 Å². The molecule has 25 heavy (non-hydrogen) atoms. The van der Waals surface area contributed by atoms with Crippen LogP contribution in [0.1, 0.15) is 20.3 Å². The Bertz CT molecular complexity index is 647. The van der Waals surface area contributed by atoms with Gasteiger partial charge in [0.05, 0.1) is 19.4 Å². The summed E-state index contributed by atoms with van der Waals surface area (Å²) in [5.41, 5.74) is 0. The second-order valence-corrected chi connectivity index (χ2v) is 8.00. The Morgan fingerprint density at radius 1 is 1.28 bits per heavy atom. The van der Waals surface area contributed by atoms with Crippen molar-refractivity contribution in [2.45, 2.75) is 26.4 Å². The maximum atomic E-state index is 11.1. The van der Waals surface area contributed by atoms with Crippen molar-refractivity contribution in [1.29, 1.82) is 0 Å². The van der Waals surface area contributed by atoms with Crippen LogP contribution in [0.2, 0.25) is 0 Å². The molecular formula is C17H29N3O4S. The first kappa shape index (κ1) is 21.1. The van der Waals surface area contributed by atoms with Gasteiger partial charge in [0, 0.05) is 25.4 Å². The van der Waals surface area contributed by atoms with E-state index in [1.165, 1.54) is 6.26 Å². The van der Waals surface area contributed by atoms with E-state index in [1.807, 2.05) is 38.1 Å². The van der Waals surface area contributed by atoms with Crippen molar-refractivity contribution in [1.82, 2.24) is 10.6 Å². The number of guanidine groups is 1. The summed E-state index contributed by atoms with van der Waals surface area (Å²) in [6.07, 6.45) is 1.67. The van der Waals surface area contributed by atoms with Crippen LogP contribution in [-0.4, -0.2) is 59.2 Å². The highest BCUT2D eigenvalue weighted by atomic mass is 32.2. The van der Waals surface area contributed by atoms with Gasteiger partial charge in [-0.15, -0.1) is 0 Å². The van der Waals surface area contributed by atoms with E-state index in [9.17, 15) is 8.42 Å². The third-order valence-electron chi connectivity index (χ3n) is 3.21. The maximum absolute atomic E-state index is 11.1. The minimum absolute atomic E-state index is 0.112. The summed E-state index contributed by atoms with van der Waals surface area (Å²) in [5.74, 6) is 2.29. The van der Waals surface area contributed by atoms with Gasteiger partial charge in [-0.2, -0.15) is 0 Å². The number of rotatable bonds is 10. The molecule has 1 unspecified atom stereocenters. The number of hydrogen-bond donors (Lipinski definition) is 2. The smallest absolute Gasteiger partial charge is 0.191 e. The van der Waals surface area contributed by atoms with Gasteiger partial charge in [0.25, 0.3) is 0 Å². The second kappa shape index (κ2) is 10.8. The number of sulfone groups is 1. The number of benzene rings is 1. The van der Waals surface area contributed by atoms with E-state index < -0.39 is 9.84 Å². The Morgan fingerprint density at radius 2 is 2.00 bits per heavy atom. The lowest BCUT2D eigenvalue weighted by Crippen LogP contribution is -2.39. The molecule has 0 saturated carbocycles. The van der Waals surface area contributed by atoms with Gasteiger partial charge in [-0.1, -0.05) is 6.07 Å². The summed E-state index contributed by atoms with van der Waals surface area (Å²) in [6, 6.07) is 7.43. The van der Waals surface area contributed by atoms with Crippen molar-refractivity contribution in [3.05, 3.63) is 24.3 Å². The van der Waals surface area contributed by atoms with Gasteiger partial charge in [0.15, 0.2) is 5.96 Å². The number of nitrogens with zero attached hydrogens (tertiary/aromatic N) is 1. The minimum Gasteiger partial charge on any atom is -0.497 e. The standard InChI is InChI=1S/C17H29N3O4S/c1-5-18-17(19-10-7-11-25(4,21)22)20-13-14(2)24-16-9-6-8-15(12-16)23-3/h6,8-9,12,14H,5,7,10-11,13H2,1-4H3,(H2,18,19,20). The fourth-order valence-electron chi connectivity index (χ4n) is 2.05. The molecule has 0 aliphatic heterocycles. The van der Waals surface area contributed by atoms with E-state index >= 15 is 0 Å². The first-order valence-electron chi connectivity index (χ1n) is 8.34. The molecule has 0 aliphatic rings. The molecule has 7 nitrogen and oxygen atoms in total. The van der Waals surface area contributed by atoms with Gasteiger partial charge in [-0.25, -0.2) is 13.4 Å². The first-order valence-corrected chi connectivity index (χ1v) is 10.4. The first-order chi connectivity index (χ1) is 11.8. The van der Waals surface area contributed by atoms with Gasteiger partial charge in [0.2, 0.25) is 0 Å². The van der Waals surface area contributed by atoms with Gasteiger partial charge in [0.1, 0.15) is 27.4 Å². The average Bonchev–Trinajstić information content (AvgIpc) is 2.55. The van der Waals surface area contributed by atoms with E-state index in [2.05, 4.69) is 15.6 Å². The van der Waals surface area contributed by atoms with Crippen LogP contribution in [0.25, 0.3) is 0 Å². The highest BCUT2D eigenvalue weighted by Gasteiger charge is 2.06. The van der Waals surface area contributed by atoms with Crippen LogP contribution in [0, 0.1) is 0 Å². The van der Waals surface area contributed by atoms with Gasteiger partial charge >= 0.3 is 0 Å². The molecule has 0 aromatic heterocycles. The summed E-state index contributed by atoms with van der Waals surface area (Å²) in [4.78, 5) is 4.47. The fourth-order valence-corrected chi connectivity index (χ4v) is 2.72. The van der Waals surface area contributed by atoms with Crippen molar-refractivity contribution in [3.8, 4) is 11.5 Å². The molecule has 0 saturated heterocycles. The number of aliphatic imine (C=N–C) groups is 1. The Balaban J connectivity index is 2.48. The third kappa shape index (κ3) is 9.81. The van der Waals surface area contributed by atoms with Crippen molar-refractivity contribution in [2.24, 2.45) is 4.99 Å². The number of ether oxygens (including phenoxy) is 2. The lowest BCUT2D eigenvalue weighted by Gasteiger charge is -2.15. The molecule has 1 aromatic carbocycles. The SMILES string of the molecule is CCNC(=NCC(C)Oc1cccc(OC)c1)NCCCS(C)(=O)=O. The summed E-state index contributed by atoms with van der Waals surface area (Å²) in [7, 11) is -1.31. The highest BCUT2D eigenvalue weighted by Crippen LogP contribution is 2.19. The fraction of sp³-hybridized carbons (Fsp3) is 0.588. The molecule has 0 spiro atoms. The van der Waals surface area contributed by atoms with E-state index in [4.69, 9.17) is 9.47 Å². The van der Waals surface area contributed by atoms with E-state index in [-0.39, 0.29) is 11.9 Å². The molecule has 2 N–H and O–H groups in total. The second-order valence-electron chi connectivity index (χ2n) is 5.74. The Kier molecular flexibility index (Phi) is 9.12. The zero-order valence-corrected chi connectivity index (χ0v) is 16.2. The molecule has 8 heteroatoms. The van der Waals surface area contributed by atoms with Crippen LogP contribution >= 0.6 is 0 Å². The summed E-state index contributed by atoms with van der Waals surface area (Å²) < 4.78 is 33.3. The van der Waals surface area contributed by atoms with Crippen LogP contribution in [0.3, 0.4) is 0 Å². The van der Waals surface area contributed by atoms with E-state index in [0.717, 1.165) is 18.0 Å². The monoisotopic (exact) mass is 371 g/mol. The van der Waals surface area contributed by atoms with E-state index in [1.54, 1.807) is 7.11 Å². The number of hydrogen-bond acceptors (Lipinski definition) is 5. The third-order valence-corrected chi connectivity index (χ3v) is 4.24. The quantitative estimate of drug-likeness (QED) is 0.368. The molecule has 0 amide bonds. The highest BCUT2D eigenvalue weighted by molar-refractivity contribution is 7.90. The predicted molar refractivity (Wildman–Crippen MR) is 101 cm³/mol. The van der Waals surface area contributed by atoms with Crippen molar-refractivity contribution < 1.29 is 17.9 Å². The molecule has 0 radical (unpaired) electrons. The minimum atomic E-state index is -2.93. The normalized spacial score (nSPS) is 13.2. The van der Waals surface area contributed by atoms with Crippen LogP contribution in [0.4, 0.5) is 0 Å². The molecule has 1 aromatic rings. The molecule has 0 fully saturated rings. The lowest BCUT2D eigenvalue weighted by atomic mass is 10.3. The number of methoxy groups -OCH3 is 1. The topological polar surface area (TPSA) is 89.0 Å². The van der Waals surface area contributed by atoms with Crippen LogP contribution in [-0.2, 0) is 9.84 Å². The molecule has 1 atom stereocenters. The molecule has 0 heterocycles. The van der Waals surface area contributed by atoms with Gasteiger partial charge < -0.3 is 20.1 Å². The molecule has 0 bridgehead atoms. The Labute approximate surface area is 150 Å². The van der Waals surface area contributed by atoms with Crippen molar-refractivity contribution >= 4 is 15.8 Å². The van der Waals surface area contributed by atoms with E-state index in [0.29, 0.717) is 25.5 Å². The summed E-state index contributed by atoms with van der Waals surface area (Å²) in [6.45, 7) is 5.66. The van der Waals surface area contributed by atoms with Crippen LogP contribution < -0.4 is 20.1 Å². The Hall–Kier alpha value is -1.96. The largest absolute Gasteiger partial charge is 0.497 e. The van der Waals surface area contributed by atoms with Crippen LogP contribution in [0.15, 0.2) is 29.3 Å². The zero-order chi connectivity index (χ0) is 18.7. The molecule has 142 valence electrons. The van der Waals surface area contributed by atoms with Gasteiger partial charge in [-0.05, 0) is 32.4 Å². The number of nitrogens with one attached hydrogen (secondary N) is 2. The Morgan fingerprint density at radius 3 is 2.64 bits per heavy atom. The predicted octanol–water partition coefficient (Wildman–Crippen LogP) is 1.45. The van der Waals surface area contributed by atoms with Gasteiger partial charge in [-0.3, -0.25) is 0 Å². The summed E-state index contributed by atoms with van der Waals surface area (Å²) in [5, 5.41) is 6.26. The molecule has 1 rings (SSSR count). The molecular weight excluding hydrogens is 342 g/mol. The average molecular weight is 372 g/mol.